The van der Waals surface area contributed by atoms with E-state index >= 15 is 0 Å². The van der Waals surface area contributed by atoms with Gasteiger partial charge in [-0.25, -0.2) is 0 Å². The standard InChI is InChI=1S/C16H21N3O/c1-19(12-13-6-8-14(20-2)9-7-13)16(11-17)15-5-3-4-10-18-15/h3-10,16H,11-12,17H2,1-2H3. The van der Waals surface area contributed by atoms with E-state index in [0.717, 1.165) is 18.0 Å². The first-order chi connectivity index (χ1) is 9.74. The van der Waals surface area contributed by atoms with E-state index in [9.17, 15) is 0 Å². The summed E-state index contributed by atoms with van der Waals surface area (Å²) in [5, 5.41) is 0. The normalized spacial score (nSPS) is 12.4. The van der Waals surface area contributed by atoms with Crippen LogP contribution in [0, 0.1) is 0 Å². The average molecular weight is 271 g/mol. The Morgan fingerprint density at radius 3 is 2.50 bits per heavy atom. The first-order valence-electron chi connectivity index (χ1n) is 6.68. The van der Waals surface area contributed by atoms with Crippen molar-refractivity contribution in [3.63, 3.8) is 0 Å². The Bertz CT molecular complexity index is 513. The van der Waals surface area contributed by atoms with Gasteiger partial charge in [0.1, 0.15) is 5.75 Å². The first-order valence-corrected chi connectivity index (χ1v) is 6.68. The van der Waals surface area contributed by atoms with Crippen LogP contribution < -0.4 is 10.5 Å². The summed E-state index contributed by atoms with van der Waals surface area (Å²) in [5.74, 6) is 0.872. The van der Waals surface area contributed by atoms with E-state index in [0.29, 0.717) is 6.54 Å². The van der Waals surface area contributed by atoms with Gasteiger partial charge in [0, 0.05) is 19.3 Å². The molecule has 4 nitrogen and oxygen atoms in total. The van der Waals surface area contributed by atoms with Gasteiger partial charge in [-0.1, -0.05) is 18.2 Å². The molecule has 0 aliphatic rings. The van der Waals surface area contributed by atoms with Gasteiger partial charge in [-0.3, -0.25) is 9.88 Å². The van der Waals surface area contributed by atoms with Crippen LogP contribution in [0.4, 0.5) is 0 Å². The number of hydrogen-bond acceptors (Lipinski definition) is 4. The highest BCUT2D eigenvalue weighted by atomic mass is 16.5. The predicted octanol–water partition coefficient (Wildman–Crippen LogP) is 2.22. The highest BCUT2D eigenvalue weighted by molar-refractivity contribution is 5.27. The van der Waals surface area contributed by atoms with Crippen molar-refractivity contribution in [1.29, 1.82) is 0 Å². The van der Waals surface area contributed by atoms with Gasteiger partial charge >= 0.3 is 0 Å². The number of ether oxygens (including phenoxy) is 1. The molecule has 0 spiro atoms. The van der Waals surface area contributed by atoms with E-state index in [2.05, 4.69) is 29.1 Å². The number of benzene rings is 1. The zero-order valence-electron chi connectivity index (χ0n) is 12.0. The molecule has 4 heteroatoms. The molecule has 0 fully saturated rings. The molecule has 0 amide bonds. The Kier molecular flexibility index (Phi) is 5.09. The minimum Gasteiger partial charge on any atom is -0.497 e. The summed E-state index contributed by atoms with van der Waals surface area (Å²) in [7, 11) is 3.74. The molecule has 1 heterocycles. The fraction of sp³-hybridized carbons (Fsp3) is 0.312. The molecule has 1 aromatic heterocycles. The summed E-state index contributed by atoms with van der Waals surface area (Å²) in [5.41, 5.74) is 8.13. The maximum absolute atomic E-state index is 5.90. The van der Waals surface area contributed by atoms with Gasteiger partial charge in [-0.2, -0.15) is 0 Å². The number of nitrogens with two attached hydrogens (primary N) is 1. The summed E-state index contributed by atoms with van der Waals surface area (Å²) >= 11 is 0. The molecule has 0 bridgehead atoms. The molecule has 1 atom stereocenters. The third-order valence-corrected chi connectivity index (χ3v) is 3.38. The van der Waals surface area contributed by atoms with Crippen molar-refractivity contribution < 1.29 is 4.74 Å². The zero-order chi connectivity index (χ0) is 14.4. The molecule has 2 aromatic rings. The molecule has 1 aromatic carbocycles. The van der Waals surface area contributed by atoms with Crippen molar-refractivity contribution >= 4 is 0 Å². The van der Waals surface area contributed by atoms with Gasteiger partial charge in [-0.15, -0.1) is 0 Å². The van der Waals surface area contributed by atoms with Gasteiger partial charge in [0.05, 0.1) is 18.8 Å². The van der Waals surface area contributed by atoms with Crippen LogP contribution in [0.15, 0.2) is 48.7 Å². The smallest absolute Gasteiger partial charge is 0.118 e. The number of nitrogens with zero attached hydrogens (tertiary/aromatic N) is 2. The number of hydrogen-bond donors (Lipinski definition) is 1. The zero-order valence-corrected chi connectivity index (χ0v) is 12.0. The van der Waals surface area contributed by atoms with Crippen LogP contribution in [0.2, 0.25) is 0 Å². The Balaban J connectivity index is 2.07. The Hall–Kier alpha value is -1.91. The highest BCUT2D eigenvalue weighted by Crippen LogP contribution is 2.19. The van der Waals surface area contributed by atoms with Gasteiger partial charge in [0.25, 0.3) is 0 Å². The summed E-state index contributed by atoms with van der Waals surface area (Å²) < 4.78 is 5.17. The lowest BCUT2D eigenvalue weighted by Gasteiger charge is -2.26. The number of likely N-dealkylation sites (N-methyl/N-ethyl adjacent to an activating group) is 1. The number of rotatable bonds is 6. The maximum Gasteiger partial charge on any atom is 0.118 e. The molecule has 0 saturated carbocycles. The molecular formula is C16H21N3O. The molecule has 0 saturated heterocycles. The topological polar surface area (TPSA) is 51.4 Å². The second kappa shape index (κ2) is 7.03. The van der Waals surface area contributed by atoms with Gasteiger partial charge in [0.15, 0.2) is 0 Å². The minimum absolute atomic E-state index is 0.123. The molecule has 2 rings (SSSR count). The van der Waals surface area contributed by atoms with Crippen molar-refractivity contribution in [3.8, 4) is 5.75 Å². The average Bonchev–Trinajstić information content (AvgIpc) is 2.50. The van der Waals surface area contributed by atoms with E-state index in [1.54, 1.807) is 13.3 Å². The van der Waals surface area contributed by atoms with Crippen LogP contribution in [-0.2, 0) is 6.54 Å². The van der Waals surface area contributed by atoms with E-state index in [1.807, 2.05) is 30.3 Å². The van der Waals surface area contributed by atoms with Gasteiger partial charge in [-0.05, 0) is 36.9 Å². The van der Waals surface area contributed by atoms with Gasteiger partial charge in [0.2, 0.25) is 0 Å². The molecule has 106 valence electrons. The third-order valence-electron chi connectivity index (χ3n) is 3.38. The lowest BCUT2D eigenvalue weighted by molar-refractivity contribution is 0.237. The molecule has 0 radical (unpaired) electrons. The number of methoxy groups -OCH3 is 1. The molecule has 0 aliphatic carbocycles. The number of pyridine rings is 1. The fourth-order valence-corrected chi connectivity index (χ4v) is 2.23. The van der Waals surface area contributed by atoms with Crippen LogP contribution in [-0.4, -0.2) is 30.6 Å². The molecule has 20 heavy (non-hydrogen) atoms. The molecular weight excluding hydrogens is 250 g/mol. The van der Waals surface area contributed by atoms with E-state index in [1.165, 1.54) is 5.56 Å². The van der Waals surface area contributed by atoms with Crippen LogP contribution >= 0.6 is 0 Å². The van der Waals surface area contributed by atoms with Crippen LogP contribution in [0.5, 0.6) is 5.75 Å². The summed E-state index contributed by atoms with van der Waals surface area (Å²) in [6, 6.07) is 14.1. The Morgan fingerprint density at radius 1 is 1.20 bits per heavy atom. The molecule has 1 unspecified atom stereocenters. The SMILES string of the molecule is COc1ccc(CN(C)C(CN)c2ccccn2)cc1. The Labute approximate surface area is 120 Å². The van der Waals surface area contributed by atoms with Crippen molar-refractivity contribution in [3.05, 3.63) is 59.9 Å². The monoisotopic (exact) mass is 271 g/mol. The van der Waals surface area contributed by atoms with Crippen molar-refractivity contribution in [2.24, 2.45) is 5.73 Å². The lowest BCUT2D eigenvalue weighted by Crippen LogP contribution is -2.30. The van der Waals surface area contributed by atoms with E-state index < -0.39 is 0 Å². The first kappa shape index (κ1) is 14.5. The highest BCUT2D eigenvalue weighted by Gasteiger charge is 2.16. The third kappa shape index (κ3) is 3.56. The van der Waals surface area contributed by atoms with Crippen molar-refractivity contribution in [1.82, 2.24) is 9.88 Å². The van der Waals surface area contributed by atoms with E-state index in [4.69, 9.17) is 10.5 Å². The lowest BCUT2D eigenvalue weighted by atomic mass is 10.1. The maximum atomic E-state index is 5.90. The second-order valence-corrected chi connectivity index (χ2v) is 4.77. The second-order valence-electron chi connectivity index (χ2n) is 4.77. The predicted molar refractivity (Wildman–Crippen MR) is 80.5 cm³/mol. The summed E-state index contributed by atoms with van der Waals surface area (Å²) in [6.07, 6.45) is 1.80. The summed E-state index contributed by atoms with van der Waals surface area (Å²) in [4.78, 5) is 6.61. The number of aromatic nitrogens is 1. The van der Waals surface area contributed by atoms with Crippen molar-refractivity contribution in [2.75, 3.05) is 20.7 Å². The minimum atomic E-state index is 0.123. The quantitative estimate of drug-likeness (QED) is 0.875. The Morgan fingerprint density at radius 2 is 1.95 bits per heavy atom. The van der Waals surface area contributed by atoms with Crippen LogP contribution in [0.3, 0.4) is 0 Å². The van der Waals surface area contributed by atoms with Crippen LogP contribution in [0.25, 0.3) is 0 Å². The fourth-order valence-electron chi connectivity index (χ4n) is 2.23. The molecule has 0 aliphatic heterocycles. The van der Waals surface area contributed by atoms with E-state index in [-0.39, 0.29) is 6.04 Å². The van der Waals surface area contributed by atoms with Gasteiger partial charge < -0.3 is 10.5 Å². The largest absolute Gasteiger partial charge is 0.497 e. The van der Waals surface area contributed by atoms with Crippen molar-refractivity contribution in [2.45, 2.75) is 12.6 Å². The van der Waals surface area contributed by atoms with Crippen LogP contribution in [0.1, 0.15) is 17.3 Å². The molecule has 2 N–H and O–H groups in total. The summed E-state index contributed by atoms with van der Waals surface area (Å²) in [6.45, 7) is 1.37.